The van der Waals surface area contributed by atoms with Gasteiger partial charge in [-0.25, -0.2) is 4.98 Å². The van der Waals surface area contributed by atoms with Crippen molar-refractivity contribution < 1.29 is 4.79 Å². The van der Waals surface area contributed by atoms with Crippen LogP contribution in [0.25, 0.3) is 11.3 Å². The van der Waals surface area contributed by atoms with Crippen LogP contribution in [0, 0.1) is 0 Å². The third-order valence-electron chi connectivity index (χ3n) is 5.45. The van der Waals surface area contributed by atoms with E-state index < -0.39 is 0 Å². The second-order valence-corrected chi connectivity index (χ2v) is 7.17. The molecule has 2 saturated heterocycles. The molecule has 0 aromatic carbocycles. The summed E-state index contributed by atoms with van der Waals surface area (Å²) in [6, 6.07) is 4.23. The van der Waals surface area contributed by atoms with Gasteiger partial charge < -0.3 is 9.80 Å². The van der Waals surface area contributed by atoms with Gasteiger partial charge in [-0.05, 0) is 43.0 Å². The highest BCUT2D eigenvalue weighted by Gasteiger charge is 2.29. The minimum absolute atomic E-state index is 0.00790. The summed E-state index contributed by atoms with van der Waals surface area (Å²) in [6.07, 6.45) is 8.77. The summed E-state index contributed by atoms with van der Waals surface area (Å²) in [6.45, 7) is 7.23. The Morgan fingerprint density at radius 1 is 1.31 bits per heavy atom. The van der Waals surface area contributed by atoms with Crippen LogP contribution in [0.5, 0.6) is 0 Å². The number of pyridine rings is 1. The van der Waals surface area contributed by atoms with Gasteiger partial charge in [0, 0.05) is 57.1 Å². The Labute approximate surface area is 154 Å². The quantitative estimate of drug-likeness (QED) is 0.795. The fraction of sp³-hybridized carbons (Fsp3) is 0.450. The number of hydrogen-bond donors (Lipinski definition) is 0. The summed E-state index contributed by atoms with van der Waals surface area (Å²) < 4.78 is 1.83. The summed E-state index contributed by atoms with van der Waals surface area (Å²) >= 11 is 0. The highest BCUT2D eigenvalue weighted by Crippen LogP contribution is 2.36. The van der Waals surface area contributed by atoms with E-state index in [1.807, 2.05) is 35.1 Å². The molecule has 1 atom stereocenters. The van der Waals surface area contributed by atoms with E-state index in [4.69, 9.17) is 4.98 Å². The number of rotatable bonds is 4. The van der Waals surface area contributed by atoms with Gasteiger partial charge in [0.15, 0.2) is 0 Å². The normalized spacial score (nSPS) is 20.0. The van der Waals surface area contributed by atoms with Gasteiger partial charge in [0.1, 0.15) is 5.82 Å². The number of hydrogen-bond acceptors (Lipinski definition) is 4. The van der Waals surface area contributed by atoms with Crippen molar-refractivity contribution in [2.45, 2.75) is 25.2 Å². The lowest BCUT2D eigenvalue weighted by Gasteiger charge is -2.21. The van der Waals surface area contributed by atoms with Gasteiger partial charge in [0.2, 0.25) is 5.91 Å². The molecular weight excluding hydrogens is 326 g/mol. The predicted molar refractivity (Wildman–Crippen MR) is 102 cm³/mol. The molecule has 1 amide bonds. The van der Waals surface area contributed by atoms with Crippen LogP contribution in [-0.2, 0) is 11.8 Å². The van der Waals surface area contributed by atoms with Crippen LogP contribution in [0.4, 0.5) is 5.82 Å². The van der Waals surface area contributed by atoms with E-state index in [-0.39, 0.29) is 11.8 Å². The summed E-state index contributed by atoms with van der Waals surface area (Å²) in [5.74, 6) is 1.33. The van der Waals surface area contributed by atoms with Crippen LogP contribution < -0.4 is 4.90 Å². The average Bonchev–Trinajstić information content (AvgIpc) is 3.41. The van der Waals surface area contributed by atoms with Crippen molar-refractivity contribution in [3.8, 4) is 11.3 Å². The van der Waals surface area contributed by atoms with Gasteiger partial charge in [-0.15, -0.1) is 0 Å². The number of carbonyl (C=O) groups is 1. The third kappa shape index (κ3) is 3.11. The molecule has 2 aliphatic rings. The maximum Gasteiger partial charge on any atom is 0.245 e. The van der Waals surface area contributed by atoms with E-state index in [0.29, 0.717) is 0 Å². The van der Waals surface area contributed by atoms with Crippen molar-refractivity contribution in [3.63, 3.8) is 0 Å². The van der Waals surface area contributed by atoms with E-state index in [9.17, 15) is 4.79 Å². The molecule has 0 saturated carbocycles. The minimum atomic E-state index is 0.00790. The Kier molecular flexibility index (Phi) is 4.49. The Hall–Kier alpha value is -2.63. The first-order valence-corrected chi connectivity index (χ1v) is 9.32. The first-order chi connectivity index (χ1) is 12.7. The topological polar surface area (TPSA) is 54.3 Å². The van der Waals surface area contributed by atoms with E-state index in [1.54, 1.807) is 0 Å². The Balaban J connectivity index is 1.69. The van der Waals surface area contributed by atoms with E-state index >= 15 is 0 Å². The number of carbonyl (C=O) groups excluding carboxylic acids is 1. The summed E-state index contributed by atoms with van der Waals surface area (Å²) in [7, 11) is 1.94. The third-order valence-corrected chi connectivity index (χ3v) is 5.45. The molecule has 0 spiro atoms. The van der Waals surface area contributed by atoms with Crippen LogP contribution in [0.1, 0.15) is 30.7 Å². The van der Waals surface area contributed by atoms with E-state index in [2.05, 4.69) is 22.6 Å². The molecule has 0 bridgehead atoms. The molecule has 2 aromatic heterocycles. The van der Waals surface area contributed by atoms with Gasteiger partial charge in [-0.3, -0.25) is 9.48 Å². The number of aromatic nitrogens is 3. The Bertz CT molecular complexity index is 821. The highest BCUT2D eigenvalue weighted by atomic mass is 16.2. The van der Waals surface area contributed by atoms with Crippen molar-refractivity contribution in [2.24, 2.45) is 7.05 Å². The molecule has 0 unspecified atom stereocenters. The summed E-state index contributed by atoms with van der Waals surface area (Å²) in [4.78, 5) is 20.9. The molecule has 136 valence electrons. The maximum absolute atomic E-state index is 11.9. The molecule has 4 heterocycles. The lowest BCUT2D eigenvalue weighted by Crippen LogP contribution is -2.26. The van der Waals surface area contributed by atoms with Crippen LogP contribution in [0.2, 0.25) is 0 Å². The second-order valence-electron chi connectivity index (χ2n) is 7.17. The molecule has 2 aromatic rings. The molecule has 6 heteroatoms. The molecular formula is C20H25N5O. The molecule has 0 aliphatic carbocycles. The lowest BCUT2D eigenvalue weighted by molar-refractivity contribution is -0.125. The Morgan fingerprint density at radius 3 is 2.81 bits per heavy atom. The largest absolute Gasteiger partial charge is 0.357 e. The average molecular weight is 351 g/mol. The van der Waals surface area contributed by atoms with Gasteiger partial charge in [0.25, 0.3) is 0 Å². The Morgan fingerprint density at radius 2 is 2.12 bits per heavy atom. The maximum atomic E-state index is 11.9. The zero-order chi connectivity index (χ0) is 18.1. The second kappa shape index (κ2) is 6.94. The SMILES string of the molecule is C=CC(=O)N1CC[C@@H](c2cnc(N3CCCC3)cc2-c2ccn(C)n2)C1. The molecule has 2 aliphatic heterocycles. The molecule has 0 N–H and O–H groups in total. The van der Waals surface area contributed by atoms with Crippen LogP contribution in [0.3, 0.4) is 0 Å². The van der Waals surface area contributed by atoms with Crippen molar-refractivity contribution in [2.75, 3.05) is 31.1 Å². The fourth-order valence-corrected chi connectivity index (χ4v) is 4.02. The molecule has 4 rings (SSSR count). The zero-order valence-corrected chi connectivity index (χ0v) is 15.3. The minimum Gasteiger partial charge on any atom is -0.357 e. The first kappa shape index (κ1) is 16.8. The highest BCUT2D eigenvalue weighted by molar-refractivity contribution is 5.87. The zero-order valence-electron chi connectivity index (χ0n) is 15.3. The van der Waals surface area contributed by atoms with Crippen molar-refractivity contribution in [3.05, 3.63) is 42.7 Å². The molecule has 26 heavy (non-hydrogen) atoms. The number of nitrogens with zero attached hydrogens (tertiary/aromatic N) is 5. The van der Waals surface area contributed by atoms with Crippen molar-refractivity contribution >= 4 is 11.7 Å². The van der Waals surface area contributed by atoms with Crippen molar-refractivity contribution in [1.29, 1.82) is 0 Å². The van der Waals surface area contributed by atoms with Crippen molar-refractivity contribution in [1.82, 2.24) is 19.7 Å². The van der Waals surface area contributed by atoms with Crippen LogP contribution in [0.15, 0.2) is 37.2 Å². The number of aryl methyl sites for hydroxylation is 1. The predicted octanol–water partition coefficient (Wildman–Crippen LogP) is 2.58. The number of amides is 1. The van der Waals surface area contributed by atoms with Gasteiger partial charge in [-0.2, -0.15) is 5.10 Å². The molecule has 2 fully saturated rings. The lowest BCUT2D eigenvalue weighted by atomic mass is 9.93. The molecule has 6 nitrogen and oxygen atoms in total. The first-order valence-electron chi connectivity index (χ1n) is 9.32. The van der Waals surface area contributed by atoms with Gasteiger partial charge >= 0.3 is 0 Å². The monoisotopic (exact) mass is 351 g/mol. The van der Waals surface area contributed by atoms with E-state index in [0.717, 1.165) is 49.7 Å². The van der Waals surface area contributed by atoms with E-state index in [1.165, 1.54) is 24.5 Å². The molecule has 0 radical (unpaired) electrons. The number of anilines is 1. The van der Waals surface area contributed by atoms with Gasteiger partial charge in [0.05, 0.1) is 5.69 Å². The van der Waals surface area contributed by atoms with Crippen LogP contribution >= 0.6 is 0 Å². The number of likely N-dealkylation sites (tertiary alicyclic amines) is 1. The van der Waals surface area contributed by atoms with Gasteiger partial charge in [-0.1, -0.05) is 6.58 Å². The standard InChI is InChI=1S/C20H25N5O/c1-3-20(26)25-11-6-15(14-25)17-13-21-19(24-8-4-5-9-24)12-16(17)18-7-10-23(2)22-18/h3,7,10,12-13,15H,1,4-6,8-9,11,14H2,2H3/t15-/m1/s1. The van der Waals surface area contributed by atoms with Crippen LogP contribution in [-0.4, -0.2) is 51.8 Å². The smallest absolute Gasteiger partial charge is 0.245 e. The summed E-state index contributed by atoms with van der Waals surface area (Å²) in [5, 5.41) is 4.62. The summed E-state index contributed by atoms with van der Waals surface area (Å²) in [5.41, 5.74) is 3.30. The fourth-order valence-electron chi connectivity index (χ4n) is 4.02.